The Morgan fingerprint density at radius 2 is 2.06 bits per heavy atom. The molecular formula is C9H6BrClN2O2S2. The average molecular weight is 354 g/mol. The number of thiophene rings is 1. The molecule has 2 aromatic rings. The quantitative estimate of drug-likeness (QED) is 0.861. The van der Waals surface area contributed by atoms with Gasteiger partial charge in [0.1, 0.15) is 15.2 Å². The van der Waals surface area contributed by atoms with E-state index in [2.05, 4.69) is 25.6 Å². The fraction of sp³-hybridized carbons (Fsp3) is 0. The molecule has 0 saturated heterocycles. The minimum Gasteiger partial charge on any atom is -0.263 e. The van der Waals surface area contributed by atoms with Crippen molar-refractivity contribution < 1.29 is 8.42 Å². The van der Waals surface area contributed by atoms with E-state index in [1.54, 1.807) is 18.2 Å². The van der Waals surface area contributed by atoms with Gasteiger partial charge in [-0.2, -0.15) is 0 Å². The number of rotatable bonds is 3. The van der Waals surface area contributed by atoms with Crippen LogP contribution in [0.3, 0.4) is 0 Å². The maximum Gasteiger partial charge on any atom is 0.272 e. The lowest BCUT2D eigenvalue weighted by molar-refractivity contribution is 0.603. The molecule has 2 heterocycles. The Balaban J connectivity index is 2.29. The number of anilines is 1. The molecule has 0 aliphatic rings. The second-order valence-electron chi connectivity index (χ2n) is 3.01. The molecule has 0 unspecified atom stereocenters. The maximum absolute atomic E-state index is 11.9. The van der Waals surface area contributed by atoms with Crippen LogP contribution < -0.4 is 4.72 Å². The van der Waals surface area contributed by atoms with E-state index in [9.17, 15) is 8.42 Å². The predicted octanol–water partition coefficient (Wildman–Crippen LogP) is 3.36. The Morgan fingerprint density at radius 3 is 2.65 bits per heavy atom. The molecule has 0 spiro atoms. The van der Waals surface area contributed by atoms with Crippen molar-refractivity contribution in [1.82, 2.24) is 4.98 Å². The van der Waals surface area contributed by atoms with Gasteiger partial charge in [-0.1, -0.05) is 17.7 Å². The van der Waals surface area contributed by atoms with Crippen molar-refractivity contribution in [1.29, 1.82) is 0 Å². The highest BCUT2D eigenvalue weighted by atomic mass is 79.9. The van der Waals surface area contributed by atoms with Crippen molar-refractivity contribution in [3.8, 4) is 0 Å². The fourth-order valence-corrected chi connectivity index (χ4v) is 4.27. The van der Waals surface area contributed by atoms with Crippen LogP contribution in [0.25, 0.3) is 0 Å². The van der Waals surface area contributed by atoms with Gasteiger partial charge >= 0.3 is 0 Å². The Kier molecular flexibility index (Phi) is 3.72. The number of sulfonamides is 1. The molecule has 90 valence electrons. The molecular weight excluding hydrogens is 348 g/mol. The van der Waals surface area contributed by atoms with Crippen LogP contribution in [-0.2, 0) is 10.0 Å². The Hall–Kier alpha value is -0.630. The van der Waals surface area contributed by atoms with Gasteiger partial charge in [0.25, 0.3) is 10.0 Å². The van der Waals surface area contributed by atoms with E-state index in [4.69, 9.17) is 11.6 Å². The summed E-state index contributed by atoms with van der Waals surface area (Å²) in [5.41, 5.74) is 0. The molecule has 0 bridgehead atoms. The summed E-state index contributed by atoms with van der Waals surface area (Å²) in [7, 11) is -3.59. The number of hydrogen-bond acceptors (Lipinski definition) is 4. The van der Waals surface area contributed by atoms with Gasteiger partial charge in [0.15, 0.2) is 0 Å². The minimum absolute atomic E-state index is 0.196. The van der Waals surface area contributed by atoms with Gasteiger partial charge in [0.05, 0.1) is 3.79 Å². The van der Waals surface area contributed by atoms with Crippen molar-refractivity contribution in [3.63, 3.8) is 0 Å². The lowest BCUT2D eigenvalue weighted by atomic mass is 10.5. The van der Waals surface area contributed by atoms with Crippen LogP contribution in [0.2, 0.25) is 5.15 Å². The summed E-state index contributed by atoms with van der Waals surface area (Å²) in [6.45, 7) is 0. The topological polar surface area (TPSA) is 59.1 Å². The molecule has 0 aliphatic heterocycles. The van der Waals surface area contributed by atoms with E-state index in [1.807, 2.05) is 0 Å². The van der Waals surface area contributed by atoms with E-state index in [0.717, 1.165) is 15.1 Å². The third-order valence-corrected chi connectivity index (χ3v) is 5.45. The number of hydrogen-bond donors (Lipinski definition) is 1. The smallest absolute Gasteiger partial charge is 0.263 e. The third-order valence-electron chi connectivity index (χ3n) is 1.77. The summed E-state index contributed by atoms with van der Waals surface area (Å²) < 4.78 is 27.2. The molecule has 1 N–H and O–H groups in total. The van der Waals surface area contributed by atoms with E-state index in [0.29, 0.717) is 0 Å². The van der Waals surface area contributed by atoms with Gasteiger partial charge in [0, 0.05) is 0 Å². The van der Waals surface area contributed by atoms with Crippen LogP contribution in [0, 0.1) is 0 Å². The first-order chi connectivity index (χ1) is 7.97. The second-order valence-corrected chi connectivity index (χ2v) is 7.77. The first-order valence-corrected chi connectivity index (χ1v) is 7.85. The van der Waals surface area contributed by atoms with Crippen molar-refractivity contribution in [2.24, 2.45) is 0 Å². The zero-order valence-electron chi connectivity index (χ0n) is 8.22. The highest BCUT2D eigenvalue weighted by Crippen LogP contribution is 2.27. The summed E-state index contributed by atoms with van der Waals surface area (Å²) in [4.78, 5) is 3.86. The standard InChI is InChI=1S/C9H6BrClN2O2S2/c10-6-4-5-9(16-6)17(14,15)13-8-3-1-2-7(11)12-8/h1-5H,(H,12,13). The largest absolute Gasteiger partial charge is 0.272 e. The summed E-state index contributed by atoms with van der Waals surface area (Å²) in [5, 5.41) is 0.234. The van der Waals surface area contributed by atoms with Gasteiger partial charge in [-0.3, -0.25) is 4.72 Å². The minimum atomic E-state index is -3.59. The Bertz CT molecular complexity index is 642. The molecule has 0 atom stereocenters. The molecule has 0 aliphatic carbocycles. The SMILES string of the molecule is O=S(=O)(Nc1cccc(Cl)n1)c1ccc(Br)s1. The van der Waals surface area contributed by atoms with E-state index in [-0.39, 0.29) is 15.2 Å². The Morgan fingerprint density at radius 1 is 1.29 bits per heavy atom. The molecule has 0 amide bonds. The first kappa shape index (κ1) is 12.8. The van der Waals surface area contributed by atoms with E-state index < -0.39 is 10.0 Å². The molecule has 0 radical (unpaired) electrons. The Labute approximate surface area is 116 Å². The maximum atomic E-state index is 11.9. The van der Waals surface area contributed by atoms with Crippen molar-refractivity contribution in [2.45, 2.75) is 4.21 Å². The normalized spacial score (nSPS) is 11.4. The molecule has 0 saturated carbocycles. The van der Waals surface area contributed by atoms with Crippen LogP contribution in [0.4, 0.5) is 5.82 Å². The van der Waals surface area contributed by atoms with Crippen LogP contribution in [0.5, 0.6) is 0 Å². The van der Waals surface area contributed by atoms with Gasteiger partial charge in [-0.05, 0) is 40.2 Å². The van der Waals surface area contributed by atoms with E-state index in [1.165, 1.54) is 12.1 Å². The fourth-order valence-electron chi connectivity index (χ4n) is 1.10. The lowest BCUT2D eigenvalue weighted by Gasteiger charge is -2.04. The average Bonchev–Trinajstić information content (AvgIpc) is 2.65. The number of nitrogens with one attached hydrogen (secondary N) is 1. The van der Waals surface area contributed by atoms with Crippen LogP contribution >= 0.6 is 38.9 Å². The molecule has 2 rings (SSSR count). The number of nitrogens with zero attached hydrogens (tertiary/aromatic N) is 1. The summed E-state index contributed by atoms with van der Waals surface area (Å²) in [6.07, 6.45) is 0. The lowest BCUT2D eigenvalue weighted by Crippen LogP contribution is -2.12. The number of pyridine rings is 1. The second kappa shape index (κ2) is 4.93. The highest BCUT2D eigenvalue weighted by molar-refractivity contribution is 9.11. The molecule has 17 heavy (non-hydrogen) atoms. The van der Waals surface area contributed by atoms with Gasteiger partial charge < -0.3 is 0 Å². The van der Waals surface area contributed by atoms with Crippen molar-refractivity contribution in [2.75, 3.05) is 4.72 Å². The van der Waals surface area contributed by atoms with Crippen molar-refractivity contribution >= 4 is 54.7 Å². The molecule has 0 aromatic carbocycles. The predicted molar refractivity (Wildman–Crippen MR) is 72.1 cm³/mol. The summed E-state index contributed by atoms with van der Waals surface area (Å²) in [5.74, 6) is 0.196. The van der Waals surface area contributed by atoms with Crippen LogP contribution in [-0.4, -0.2) is 13.4 Å². The van der Waals surface area contributed by atoms with Crippen molar-refractivity contribution in [3.05, 3.63) is 39.3 Å². The molecule has 8 heteroatoms. The first-order valence-electron chi connectivity index (χ1n) is 4.38. The molecule has 4 nitrogen and oxygen atoms in total. The number of aromatic nitrogens is 1. The molecule has 0 fully saturated rings. The highest BCUT2D eigenvalue weighted by Gasteiger charge is 2.17. The summed E-state index contributed by atoms with van der Waals surface area (Å²) in [6, 6.07) is 7.91. The van der Waals surface area contributed by atoms with Gasteiger partial charge in [0.2, 0.25) is 0 Å². The zero-order chi connectivity index (χ0) is 12.5. The molecule has 2 aromatic heterocycles. The van der Waals surface area contributed by atoms with E-state index >= 15 is 0 Å². The van der Waals surface area contributed by atoms with Crippen LogP contribution in [0.15, 0.2) is 38.3 Å². The number of halogens is 2. The van der Waals surface area contributed by atoms with Gasteiger partial charge in [-0.25, -0.2) is 13.4 Å². The zero-order valence-corrected chi connectivity index (χ0v) is 12.2. The summed E-state index contributed by atoms with van der Waals surface area (Å²) >= 11 is 10.0. The third kappa shape index (κ3) is 3.19. The van der Waals surface area contributed by atoms with Crippen LogP contribution in [0.1, 0.15) is 0 Å². The monoisotopic (exact) mass is 352 g/mol. The van der Waals surface area contributed by atoms with Gasteiger partial charge in [-0.15, -0.1) is 11.3 Å².